The Bertz CT molecular complexity index is 680. The highest BCUT2D eigenvalue weighted by molar-refractivity contribution is 6.02. The summed E-state index contributed by atoms with van der Waals surface area (Å²) in [6, 6.07) is 1.99. The minimum Gasteiger partial charge on any atom is -0.478 e. The summed E-state index contributed by atoms with van der Waals surface area (Å²) in [5.74, 6) is -2.90. The summed E-state index contributed by atoms with van der Waals surface area (Å²) < 4.78 is 51.1. The summed E-state index contributed by atoms with van der Waals surface area (Å²) in [5, 5.41) is 11.3. The Morgan fingerprint density at radius 2 is 1.78 bits per heavy atom. The molecular weight excluding hydrogens is 318 g/mol. The normalized spacial score (nSPS) is 15.0. The number of amides is 1. The Morgan fingerprint density at radius 1 is 1.13 bits per heavy atom. The standard InChI is InChI=1S/C15H13F4NO3/c16-10-5-8(4-9(6-10)15(17,18)19)7-20-13(21)11-2-1-3-12(11)14(22)23/h4-6H,1-3,7H2,(H,20,21)(H,22,23). The minimum absolute atomic E-state index is 0.0118. The molecule has 0 bridgehead atoms. The fourth-order valence-electron chi connectivity index (χ4n) is 2.44. The Kier molecular flexibility index (Phi) is 4.72. The van der Waals surface area contributed by atoms with E-state index < -0.39 is 29.4 Å². The molecule has 0 unspecified atom stereocenters. The van der Waals surface area contributed by atoms with Gasteiger partial charge in [0.05, 0.1) is 5.56 Å². The van der Waals surface area contributed by atoms with Crippen LogP contribution in [0.4, 0.5) is 17.6 Å². The monoisotopic (exact) mass is 331 g/mol. The predicted molar refractivity (Wildman–Crippen MR) is 71.8 cm³/mol. The number of aliphatic carboxylic acids is 1. The van der Waals surface area contributed by atoms with Crippen LogP contribution < -0.4 is 5.32 Å². The Labute approximate surface area is 128 Å². The lowest BCUT2D eigenvalue weighted by molar-refractivity contribution is -0.138. The van der Waals surface area contributed by atoms with Crippen molar-refractivity contribution in [3.63, 3.8) is 0 Å². The van der Waals surface area contributed by atoms with Crippen LogP contribution in [0, 0.1) is 5.82 Å². The molecule has 0 radical (unpaired) electrons. The number of carboxylic acids is 1. The zero-order valence-electron chi connectivity index (χ0n) is 11.8. The molecule has 1 aromatic rings. The molecule has 0 aliphatic heterocycles. The van der Waals surface area contributed by atoms with Gasteiger partial charge < -0.3 is 10.4 Å². The highest BCUT2D eigenvalue weighted by atomic mass is 19.4. The molecule has 1 amide bonds. The molecule has 0 fully saturated rings. The summed E-state index contributed by atoms with van der Waals surface area (Å²) in [4.78, 5) is 22.9. The maximum Gasteiger partial charge on any atom is 0.416 e. The van der Waals surface area contributed by atoms with Gasteiger partial charge in [-0.1, -0.05) is 0 Å². The van der Waals surface area contributed by atoms with Crippen LogP contribution in [0.15, 0.2) is 29.3 Å². The summed E-state index contributed by atoms with van der Waals surface area (Å²) in [6.07, 6.45) is -3.59. The van der Waals surface area contributed by atoms with Crippen LogP contribution in [0.3, 0.4) is 0 Å². The van der Waals surface area contributed by atoms with Crippen molar-refractivity contribution in [3.8, 4) is 0 Å². The highest BCUT2D eigenvalue weighted by Crippen LogP contribution is 2.30. The van der Waals surface area contributed by atoms with Gasteiger partial charge in [0, 0.05) is 17.7 Å². The molecule has 23 heavy (non-hydrogen) atoms. The molecule has 124 valence electrons. The van der Waals surface area contributed by atoms with E-state index in [0.29, 0.717) is 18.9 Å². The van der Waals surface area contributed by atoms with Crippen LogP contribution in [-0.2, 0) is 22.3 Å². The number of hydrogen-bond acceptors (Lipinski definition) is 2. The van der Waals surface area contributed by atoms with Gasteiger partial charge in [0.1, 0.15) is 5.82 Å². The van der Waals surface area contributed by atoms with Gasteiger partial charge in [0.15, 0.2) is 0 Å². The minimum atomic E-state index is -4.69. The Hall–Kier alpha value is -2.38. The molecule has 4 nitrogen and oxygen atoms in total. The molecule has 0 atom stereocenters. The van der Waals surface area contributed by atoms with E-state index in [1.54, 1.807) is 0 Å². The van der Waals surface area contributed by atoms with Crippen molar-refractivity contribution in [1.82, 2.24) is 5.32 Å². The fourth-order valence-corrected chi connectivity index (χ4v) is 2.44. The van der Waals surface area contributed by atoms with Gasteiger partial charge in [0.2, 0.25) is 5.91 Å². The first kappa shape index (κ1) is 17.0. The molecule has 0 saturated carbocycles. The summed E-state index contributed by atoms with van der Waals surface area (Å²) in [5.41, 5.74) is -1.07. The average Bonchev–Trinajstić information content (AvgIpc) is 2.93. The van der Waals surface area contributed by atoms with E-state index in [9.17, 15) is 27.2 Å². The van der Waals surface area contributed by atoms with Crippen molar-refractivity contribution in [1.29, 1.82) is 0 Å². The summed E-state index contributed by atoms with van der Waals surface area (Å²) in [7, 11) is 0. The molecule has 2 rings (SSSR count). The molecule has 1 aliphatic carbocycles. The number of alkyl halides is 3. The zero-order valence-corrected chi connectivity index (χ0v) is 11.8. The van der Waals surface area contributed by atoms with Gasteiger partial charge in [-0.3, -0.25) is 4.79 Å². The number of benzene rings is 1. The third-order valence-electron chi connectivity index (χ3n) is 3.49. The highest BCUT2D eigenvalue weighted by Gasteiger charge is 2.31. The third kappa shape index (κ3) is 4.08. The molecule has 0 heterocycles. The van der Waals surface area contributed by atoms with Crippen molar-refractivity contribution in [2.45, 2.75) is 32.0 Å². The van der Waals surface area contributed by atoms with E-state index in [2.05, 4.69) is 5.32 Å². The lowest BCUT2D eigenvalue weighted by Crippen LogP contribution is -2.25. The van der Waals surface area contributed by atoms with Gasteiger partial charge >= 0.3 is 12.1 Å². The van der Waals surface area contributed by atoms with Crippen molar-refractivity contribution in [2.75, 3.05) is 0 Å². The molecular formula is C15H13F4NO3. The van der Waals surface area contributed by atoms with Crippen LogP contribution in [0.25, 0.3) is 0 Å². The Morgan fingerprint density at radius 3 is 2.39 bits per heavy atom. The predicted octanol–water partition coefficient (Wildman–Crippen LogP) is 3.03. The SMILES string of the molecule is O=C(O)C1=C(C(=O)NCc2cc(F)cc(C(F)(F)F)c2)CCC1. The van der Waals surface area contributed by atoms with Crippen molar-refractivity contribution in [2.24, 2.45) is 0 Å². The molecule has 0 spiro atoms. The molecule has 8 heteroatoms. The molecule has 1 aliphatic rings. The Balaban J connectivity index is 2.12. The van der Waals surface area contributed by atoms with E-state index in [0.717, 1.165) is 12.1 Å². The first-order chi connectivity index (χ1) is 10.7. The van der Waals surface area contributed by atoms with Gasteiger partial charge in [0.25, 0.3) is 0 Å². The number of carbonyl (C=O) groups excluding carboxylic acids is 1. The molecule has 1 aromatic carbocycles. The second-order valence-corrected chi connectivity index (χ2v) is 5.14. The first-order valence-corrected chi connectivity index (χ1v) is 6.78. The number of carbonyl (C=O) groups is 2. The van der Waals surface area contributed by atoms with Gasteiger partial charge in [-0.15, -0.1) is 0 Å². The lowest BCUT2D eigenvalue weighted by atomic mass is 10.1. The number of nitrogens with one attached hydrogen (secondary N) is 1. The summed E-state index contributed by atoms with van der Waals surface area (Å²) in [6.45, 7) is -0.323. The van der Waals surface area contributed by atoms with Crippen LogP contribution in [0.1, 0.15) is 30.4 Å². The topological polar surface area (TPSA) is 66.4 Å². The number of carboxylic acid groups (broad SMARTS) is 1. The van der Waals surface area contributed by atoms with Crippen LogP contribution in [0.2, 0.25) is 0 Å². The van der Waals surface area contributed by atoms with Crippen LogP contribution in [-0.4, -0.2) is 17.0 Å². The van der Waals surface area contributed by atoms with Gasteiger partial charge in [-0.25, -0.2) is 9.18 Å². The fraction of sp³-hybridized carbons (Fsp3) is 0.333. The van der Waals surface area contributed by atoms with Crippen molar-refractivity contribution >= 4 is 11.9 Å². The van der Waals surface area contributed by atoms with E-state index in [1.165, 1.54) is 0 Å². The maximum absolute atomic E-state index is 13.3. The van der Waals surface area contributed by atoms with Crippen molar-refractivity contribution in [3.05, 3.63) is 46.3 Å². The van der Waals surface area contributed by atoms with Gasteiger partial charge in [-0.2, -0.15) is 13.2 Å². The van der Waals surface area contributed by atoms with E-state index in [-0.39, 0.29) is 29.7 Å². The van der Waals surface area contributed by atoms with Gasteiger partial charge in [-0.05, 0) is 43.0 Å². The molecule has 0 saturated heterocycles. The maximum atomic E-state index is 13.3. The number of halogens is 4. The lowest BCUT2D eigenvalue weighted by Gasteiger charge is -2.11. The third-order valence-corrected chi connectivity index (χ3v) is 3.49. The second kappa shape index (κ2) is 6.39. The first-order valence-electron chi connectivity index (χ1n) is 6.78. The summed E-state index contributed by atoms with van der Waals surface area (Å²) >= 11 is 0. The largest absolute Gasteiger partial charge is 0.478 e. The van der Waals surface area contributed by atoms with Crippen LogP contribution >= 0.6 is 0 Å². The van der Waals surface area contributed by atoms with E-state index in [1.807, 2.05) is 0 Å². The average molecular weight is 331 g/mol. The van der Waals surface area contributed by atoms with E-state index >= 15 is 0 Å². The quantitative estimate of drug-likeness (QED) is 0.834. The van der Waals surface area contributed by atoms with E-state index in [4.69, 9.17) is 5.11 Å². The number of hydrogen-bond donors (Lipinski definition) is 2. The van der Waals surface area contributed by atoms with Crippen molar-refractivity contribution < 1.29 is 32.3 Å². The molecule has 0 aromatic heterocycles. The second-order valence-electron chi connectivity index (χ2n) is 5.14. The smallest absolute Gasteiger partial charge is 0.416 e. The number of rotatable bonds is 4. The molecule has 2 N–H and O–H groups in total. The zero-order chi connectivity index (χ0) is 17.2. The van der Waals surface area contributed by atoms with Crippen LogP contribution in [0.5, 0.6) is 0 Å².